The molecule has 132 valence electrons. The van der Waals surface area contributed by atoms with Crippen molar-refractivity contribution >= 4 is 27.0 Å². The minimum atomic E-state index is -3.75. The summed E-state index contributed by atoms with van der Waals surface area (Å²) in [4.78, 5) is 1.62. The molecule has 0 radical (unpaired) electrons. The minimum absolute atomic E-state index is 0.215. The first kappa shape index (κ1) is 17.5. The molecule has 0 spiro atoms. The summed E-state index contributed by atoms with van der Waals surface area (Å²) in [5.41, 5.74) is 2.09. The molecule has 8 heteroatoms. The van der Waals surface area contributed by atoms with Gasteiger partial charge in [0.25, 0.3) is 10.0 Å². The predicted molar refractivity (Wildman–Crippen MR) is 97.8 cm³/mol. The van der Waals surface area contributed by atoms with Gasteiger partial charge < -0.3 is 9.26 Å². The number of aryl methyl sites for hydroxylation is 2. The van der Waals surface area contributed by atoms with E-state index in [1.165, 1.54) is 18.4 Å². The maximum atomic E-state index is 12.8. The molecular weight excluding hydrogens is 360 g/mol. The zero-order valence-corrected chi connectivity index (χ0v) is 15.9. The van der Waals surface area contributed by atoms with Crippen molar-refractivity contribution in [3.8, 4) is 16.4 Å². The molecule has 2 heterocycles. The molecule has 2 aromatic heterocycles. The molecule has 0 fully saturated rings. The lowest BCUT2D eigenvalue weighted by Crippen LogP contribution is -2.13. The number of thiophene rings is 1. The van der Waals surface area contributed by atoms with E-state index < -0.39 is 10.0 Å². The van der Waals surface area contributed by atoms with Gasteiger partial charge in [0.15, 0.2) is 5.76 Å². The van der Waals surface area contributed by atoms with Gasteiger partial charge in [0.2, 0.25) is 0 Å². The second-order valence-electron chi connectivity index (χ2n) is 5.56. The largest absolute Gasteiger partial charge is 0.495 e. The minimum Gasteiger partial charge on any atom is -0.495 e. The van der Waals surface area contributed by atoms with E-state index in [4.69, 9.17) is 9.26 Å². The molecule has 0 aliphatic heterocycles. The summed E-state index contributed by atoms with van der Waals surface area (Å²) in [7, 11) is -2.26. The molecule has 0 unspecified atom stereocenters. The molecule has 3 aromatic rings. The van der Waals surface area contributed by atoms with Crippen molar-refractivity contribution in [2.75, 3.05) is 11.8 Å². The van der Waals surface area contributed by atoms with Gasteiger partial charge in [-0.15, -0.1) is 11.3 Å². The van der Waals surface area contributed by atoms with Crippen LogP contribution in [0.4, 0.5) is 5.69 Å². The van der Waals surface area contributed by atoms with Crippen molar-refractivity contribution in [1.82, 2.24) is 5.16 Å². The number of para-hydroxylation sites is 2. The molecular formula is C17H18N2O4S2. The van der Waals surface area contributed by atoms with Crippen LogP contribution in [0.3, 0.4) is 0 Å². The van der Waals surface area contributed by atoms with Crippen LogP contribution < -0.4 is 9.46 Å². The van der Waals surface area contributed by atoms with Crippen molar-refractivity contribution in [2.45, 2.75) is 25.7 Å². The fraction of sp³-hybridized carbons (Fsp3) is 0.235. The second kappa shape index (κ2) is 6.53. The molecule has 6 nitrogen and oxygen atoms in total. The summed E-state index contributed by atoms with van der Waals surface area (Å²) < 4.78 is 38.8. The predicted octanol–water partition coefficient (Wildman–Crippen LogP) is 4.14. The Morgan fingerprint density at radius 3 is 2.56 bits per heavy atom. The highest BCUT2D eigenvalue weighted by Crippen LogP contribution is 2.37. The monoisotopic (exact) mass is 378 g/mol. The van der Waals surface area contributed by atoms with Crippen LogP contribution >= 0.6 is 11.3 Å². The van der Waals surface area contributed by atoms with Gasteiger partial charge in [0.05, 0.1) is 23.4 Å². The van der Waals surface area contributed by atoms with E-state index in [0.717, 1.165) is 16.1 Å². The third-order valence-corrected chi connectivity index (χ3v) is 6.56. The number of anilines is 1. The van der Waals surface area contributed by atoms with Crippen molar-refractivity contribution in [3.63, 3.8) is 0 Å². The molecule has 0 aliphatic rings. The molecule has 1 aromatic carbocycles. The van der Waals surface area contributed by atoms with E-state index in [2.05, 4.69) is 9.88 Å². The van der Waals surface area contributed by atoms with Crippen LogP contribution in [-0.2, 0) is 10.0 Å². The lowest BCUT2D eigenvalue weighted by molar-refractivity contribution is 0.417. The van der Waals surface area contributed by atoms with Crippen LogP contribution in [0.15, 0.2) is 39.8 Å². The van der Waals surface area contributed by atoms with Gasteiger partial charge in [-0.25, -0.2) is 8.42 Å². The number of hydrogen-bond donors (Lipinski definition) is 1. The first-order chi connectivity index (χ1) is 11.8. The maximum absolute atomic E-state index is 12.8. The number of nitrogens with zero attached hydrogens (tertiary/aromatic N) is 1. The van der Waals surface area contributed by atoms with E-state index in [-0.39, 0.29) is 4.90 Å². The van der Waals surface area contributed by atoms with Crippen molar-refractivity contribution < 1.29 is 17.7 Å². The molecule has 0 atom stereocenters. The summed E-state index contributed by atoms with van der Waals surface area (Å²) in [5.74, 6) is 1.06. The van der Waals surface area contributed by atoms with Crippen LogP contribution in [0.5, 0.6) is 5.75 Å². The highest BCUT2D eigenvalue weighted by Gasteiger charge is 2.24. The van der Waals surface area contributed by atoms with Crippen LogP contribution in [-0.4, -0.2) is 20.7 Å². The summed E-state index contributed by atoms with van der Waals surface area (Å²) in [5, 5.41) is 3.93. The number of aromatic nitrogens is 1. The quantitative estimate of drug-likeness (QED) is 0.722. The van der Waals surface area contributed by atoms with E-state index >= 15 is 0 Å². The van der Waals surface area contributed by atoms with Crippen LogP contribution in [0.2, 0.25) is 0 Å². The lowest BCUT2D eigenvalue weighted by atomic mass is 10.2. The fourth-order valence-electron chi connectivity index (χ4n) is 2.42. The number of ether oxygens (including phenoxy) is 1. The molecule has 0 bridgehead atoms. The molecule has 3 rings (SSSR count). The van der Waals surface area contributed by atoms with Gasteiger partial charge in [0, 0.05) is 10.4 Å². The van der Waals surface area contributed by atoms with Gasteiger partial charge in [-0.05, 0) is 39.0 Å². The molecule has 0 aliphatic carbocycles. The third-order valence-electron chi connectivity index (χ3n) is 3.89. The lowest BCUT2D eigenvalue weighted by Gasteiger charge is -2.11. The normalized spacial score (nSPS) is 11.5. The molecule has 0 saturated carbocycles. The van der Waals surface area contributed by atoms with Crippen molar-refractivity contribution in [3.05, 3.63) is 46.5 Å². The van der Waals surface area contributed by atoms with Gasteiger partial charge in [-0.3, -0.25) is 4.72 Å². The van der Waals surface area contributed by atoms with Gasteiger partial charge in [0.1, 0.15) is 10.6 Å². The van der Waals surface area contributed by atoms with Gasteiger partial charge in [-0.2, -0.15) is 0 Å². The molecule has 25 heavy (non-hydrogen) atoms. The average molecular weight is 378 g/mol. The summed E-state index contributed by atoms with van der Waals surface area (Å²) in [6, 6.07) is 8.49. The number of hydrogen-bond acceptors (Lipinski definition) is 6. The van der Waals surface area contributed by atoms with E-state index in [1.54, 1.807) is 37.3 Å². The maximum Gasteiger partial charge on any atom is 0.263 e. The van der Waals surface area contributed by atoms with Crippen molar-refractivity contribution in [1.29, 1.82) is 0 Å². The topological polar surface area (TPSA) is 81.4 Å². The second-order valence-corrected chi connectivity index (χ2v) is 8.47. The first-order valence-electron chi connectivity index (χ1n) is 7.53. The smallest absolute Gasteiger partial charge is 0.263 e. The van der Waals surface area contributed by atoms with Crippen molar-refractivity contribution in [2.24, 2.45) is 0 Å². The molecule has 1 N–H and O–H groups in total. The Bertz CT molecular complexity index is 1020. The summed E-state index contributed by atoms with van der Waals surface area (Å²) in [6.07, 6.45) is 0. The highest BCUT2D eigenvalue weighted by atomic mass is 32.2. The number of rotatable bonds is 5. The number of benzene rings is 1. The zero-order chi connectivity index (χ0) is 18.2. The van der Waals surface area contributed by atoms with E-state index in [1.807, 2.05) is 13.8 Å². The van der Waals surface area contributed by atoms with E-state index in [9.17, 15) is 8.42 Å². The van der Waals surface area contributed by atoms with Gasteiger partial charge in [-0.1, -0.05) is 17.3 Å². The Balaban J connectivity index is 2.00. The van der Waals surface area contributed by atoms with E-state index in [0.29, 0.717) is 22.1 Å². The van der Waals surface area contributed by atoms with Gasteiger partial charge >= 0.3 is 0 Å². The highest BCUT2D eigenvalue weighted by molar-refractivity contribution is 7.93. The summed E-state index contributed by atoms with van der Waals surface area (Å²) in [6.45, 7) is 5.52. The standard InChI is InChI=1S/C17H18N2O4S2/c1-10-11(2)18-23-17(10)15-9-16(12(3)24-15)25(20,21)19-13-7-5-6-8-14(13)22-4/h5-9,19H,1-4H3. The molecule has 0 amide bonds. The Morgan fingerprint density at radius 2 is 1.92 bits per heavy atom. The Kier molecular flexibility index (Phi) is 4.57. The van der Waals surface area contributed by atoms with Crippen LogP contribution in [0, 0.1) is 20.8 Å². The molecule has 0 saturated heterocycles. The zero-order valence-electron chi connectivity index (χ0n) is 14.3. The summed E-state index contributed by atoms with van der Waals surface area (Å²) >= 11 is 1.36. The number of methoxy groups -OCH3 is 1. The Hall–Kier alpha value is -2.32. The SMILES string of the molecule is COc1ccccc1NS(=O)(=O)c1cc(-c2onc(C)c2C)sc1C. The third kappa shape index (κ3) is 3.27. The Labute approximate surface area is 150 Å². The fourth-order valence-corrected chi connectivity index (χ4v) is 5.12. The average Bonchev–Trinajstić information content (AvgIpc) is 3.11. The van der Waals surface area contributed by atoms with Crippen LogP contribution in [0.1, 0.15) is 16.1 Å². The van der Waals surface area contributed by atoms with Crippen LogP contribution in [0.25, 0.3) is 10.6 Å². The number of sulfonamides is 1. The number of nitrogens with one attached hydrogen (secondary N) is 1. The Morgan fingerprint density at radius 1 is 1.20 bits per heavy atom. The first-order valence-corrected chi connectivity index (χ1v) is 9.83.